The number of hydrogen-bond acceptors (Lipinski definition) is 4. The number of hydrogen-bond donors (Lipinski definition) is 1. The number of carboxylic acid groups (broad SMARTS) is 1. The highest BCUT2D eigenvalue weighted by Gasteiger charge is 2.24. The van der Waals surface area contributed by atoms with Crippen LogP contribution in [0.2, 0.25) is 0 Å². The van der Waals surface area contributed by atoms with Crippen molar-refractivity contribution in [2.24, 2.45) is 0 Å². The van der Waals surface area contributed by atoms with E-state index in [0.717, 1.165) is 29.7 Å². The largest absolute Gasteiger partial charge is 0.493 e. The number of carboxylic acids is 1. The average molecular weight is 385 g/mol. The molecular formula is C23H19N3O3. The van der Waals surface area contributed by atoms with E-state index in [4.69, 9.17) is 9.72 Å². The summed E-state index contributed by atoms with van der Waals surface area (Å²) in [7, 11) is 0. The van der Waals surface area contributed by atoms with E-state index in [2.05, 4.69) is 15.6 Å². The molecule has 1 N–H and O–H groups in total. The van der Waals surface area contributed by atoms with Crippen molar-refractivity contribution in [1.82, 2.24) is 14.5 Å². The van der Waals surface area contributed by atoms with Gasteiger partial charge in [-0.1, -0.05) is 30.3 Å². The van der Waals surface area contributed by atoms with Crippen LogP contribution < -0.4 is 4.74 Å². The number of imidazole rings is 1. The lowest BCUT2D eigenvalue weighted by atomic mass is 9.93. The van der Waals surface area contributed by atoms with Gasteiger partial charge in [0.15, 0.2) is 5.82 Å². The zero-order chi connectivity index (χ0) is 19.8. The van der Waals surface area contributed by atoms with Gasteiger partial charge in [0, 0.05) is 18.7 Å². The van der Waals surface area contributed by atoms with E-state index in [1.54, 1.807) is 6.07 Å². The Morgan fingerprint density at radius 2 is 1.97 bits per heavy atom. The van der Waals surface area contributed by atoms with Crippen molar-refractivity contribution in [3.8, 4) is 17.3 Å². The molecule has 3 heterocycles. The molecule has 0 spiro atoms. The van der Waals surface area contributed by atoms with Gasteiger partial charge in [0.2, 0.25) is 0 Å². The van der Waals surface area contributed by atoms with Crippen LogP contribution in [0.4, 0.5) is 0 Å². The minimum absolute atomic E-state index is 0.199. The summed E-state index contributed by atoms with van der Waals surface area (Å²) < 4.78 is 7.96. The van der Waals surface area contributed by atoms with Crippen LogP contribution in [-0.2, 0) is 6.54 Å². The van der Waals surface area contributed by atoms with Crippen LogP contribution in [0, 0.1) is 0 Å². The van der Waals surface area contributed by atoms with E-state index in [1.807, 2.05) is 42.5 Å². The van der Waals surface area contributed by atoms with E-state index < -0.39 is 5.97 Å². The van der Waals surface area contributed by atoms with Gasteiger partial charge >= 0.3 is 5.97 Å². The number of ether oxygens (including phenoxy) is 1. The Kier molecular flexibility index (Phi) is 4.24. The summed E-state index contributed by atoms with van der Waals surface area (Å²) in [6, 6.07) is 19.2. The van der Waals surface area contributed by atoms with Crippen LogP contribution in [0.1, 0.15) is 28.3 Å². The molecule has 144 valence electrons. The molecule has 2 aromatic carbocycles. The normalized spacial score (nSPS) is 15.7. The molecule has 1 atom stereocenters. The molecule has 0 amide bonds. The van der Waals surface area contributed by atoms with Crippen molar-refractivity contribution in [1.29, 1.82) is 0 Å². The summed E-state index contributed by atoms with van der Waals surface area (Å²) in [5.74, 6) is 0.910. The molecule has 0 saturated heterocycles. The second-order valence-electron chi connectivity index (χ2n) is 7.14. The Bertz CT molecular complexity index is 1210. The Morgan fingerprint density at radius 3 is 2.86 bits per heavy atom. The molecular weight excluding hydrogens is 366 g/mol. The molecule has 4 aromatic rings. The van der Waals surface area contributed by atoms with Crippen molar-refractivity contribution in [3.05, 3.63) is 78.0 Å². The number of rotatable bonds is 4. The maximum Gasteiger partial charge on any atom is 0.335 e. The fraction of sp³-hybridized carbons (Fsp3) is 0.174. The predicted octanol–water partition coefficient (Wildman–Crippen LogP) is 4.36. The van der Waals surface area contributed by atoms with Gasteiger partial charge in [-0.05, 0) is 42.3 Å². The summed E-state index contributed by atoms with van der Waals surface area (Å²) in [4.78, 5) is 20.6. The number of benzene rings is 2. The van der Waals surface area contributed by atoms with Crippen molar-refractivity contribution < 1.29 is 14.6 Å². The molecule has 6 heteroatoms. The predicted molar refractivity (Wildman–Crippen MR) is 109 cm³/mol. The molecule has 5 rings (SSSR count). The maximum absolute atomic E-state index is 11.4. The number of fused-ring (bicyclic) bond motifs is 2. The molecule has 0 fully saturated rings. The van der Waals surface area contributed by atoms with Gasteiger partial charge in [-0.2, -0.15) is 0 Å². The van der Waals surface area contributed by atoms with Gasteiger partial charge in [-0.3, -0.25) is 4.98 Å². The van der Waals surface area contributed by atoms with Crippen LogP contribution in [0.15, 0.2) is 66.9 Å². The van der Waals surface area contributed by atoms with Crippen LogP contribution in [0.5, 0.6) is 5.75 Å². The van der Waals surface area contributed by atoms with E-state index >= 15 is 0 Å². The number of carbonyl (C=O) groups is 1. The fourth-order valence-corrected chi connectivity index (χ4v) is 3.97. The highest BCUT2D eigenvalue weighted by molar-refractivity contribution is 5.89. The summed E-state index contributed by atoms with van der Waals surface area (Å²) in [5, 5.41) is 9.37. The van der Waals surface area contributed by atoms with Gasteiger partial charge < -0.3 is 14.4 Å². The van der Waals surface area contributed by atoms with Gasteiger partial charge in [0.05, 0.1) is 23.2 Å². The first-order valence-electron chi connectivity index (χ1n) is 9.57. The summed E-state index contributed by atoms with van der Waals surface area (Å²) in [5.41, 5.74) is 3.82. The second-order valence-corrected chi connectivity index (χ2v) is 7.14. The minimum Gasteiger partial charge on any atom is -0.493 e. The monoisotopic (exact) mass is 385 g/mol. The zero-order valence-electron chi connectivity index (χ0n) is 15.7. The first kappa shape index (κ1) is 17.4. The van der Waals surface area contributed by atoms with Gasteiger partial charge in [-0.15, -0.1) is 0 Å². The Morgan fingerprint density at radius 1 is 1.14 bits per heavy atom. The quantitative estimate of drug-likeness (QED) is 0.565. The Balaban J connectivity index is 1.63. The fourth-order valence-electron chi connectivity index (χ4n) is 3.97. The SMILES string of the molecule is O=C(O)c1ccnc(-c2nc3ccccc3n2CC2CCOc3ccccc32)c1. The molecule has 0 bridgehead atoms. The minimum atomic E-state index is -0.977. The standard InChI is InChI=1S/C23H19N3O3/c27-23(28)15-9-11-24-19(13-15)22-25-18-6-2-3-7-20(18)26(22)14-16-10-12-29-21-8-4-1-5-17(16)21/h1-9,11,13,16H,10,12,14H2,(H,27,28). The Labute approximate surface area is 167 Å². The molecule has 1 aliphatic rings. The molecule has 1 aliphatic heterocycles. The smallest absolute Gasteiger partial charge is 0.335 e. The third-order valence-electron chi connectivity index (χ3n) is 5.38. The zero-order valence-corrected chi connectivity index (χ0v) is 15.7. The molecule has 6 nitrogen and oxygen atoms in total. The lowest BCUT2D eigenvalue weighted by Gasteiger charge is -2.27. The molecule has 0 radical (unpaired) electrons. The number of nitrogens with zero attached hydrogens (tertiary/aromatic N) is 3. The molecule has 0 saturated carbocycles. The van der Waals surface area contributed by atoms with Crippen molar-refractivity contribution in [3.63, 3.8) is 0 Å². The second kappa shape index (κ2) is 7.05. The first-order valence-corrected chi connectivity index (χ1v) is 9.57. The number of aromatic nitrogens is 3. The van der Waals surface area contributed by atoms with Gasteiger partial charge in [-0.25, -0.2) is 9.78 Å². The summed E-state index contributed by atoms with van der Waals surface area (Å²) >= 11 is 0. The molecule has 0 aliphatic carbocycles. The third kappa shape index (κ3) is 3.12. The van der Waals surface area contributed by atoms with Crippen LogP contribution in [0.3, 0.4) is 0 Å². The van der Waals surface area contributed by atoms with Crippen molar-refractivity contribution >= 4 is 17.0 Å². The van der Waals surface area contributed by atoms with Crippen LogP contribution in [-0.4, -0.2) is 32.2 Å². The van der Waals surface area contributed by atoms with E-state index in [9.17, 15) is 9.90 Å². The van der Waals surface area contributed by atoms with Gasteiger partial charge in [0.1, 0.15) is 11.4 Å². The third-order valence-corrected chi connectivity index (χ3v) is 5.38. The van der Waals surface area contributed by atoms with E-state index in [1.165, 1.54) is 17.8 Å². The summed E-state index contributed by atoms with van der Waals surface area (Å²) in [6.07, 6.45) is 2.43. The molecule has 2 aromatic heterocycles. The van der Waals surface area contributed by atoms with E-state index in [-0.39, 0.29) is 11.5 Å². The summed E-state index contributed by atoms with van der Waals surface area (Å²) in [6.45, 7) is 1.39. The highest BCUT2D eigenvalue weighted by Crippen LogP contribution is 2.36. The lowest BCUT2D eigenvalue weighted by molar-refractivity contribution is 0.0697. The average Bonchev–Trinajstić information content (AvgIpc) is 3.13. The van der Waals surface area contributed by atoms with E-state index in [0.29, 0.717) is 18.1 Å². The highest BCUT2D eigenvalue weighted by atomic mass is 16.5. The maximum atomic E-state index is 11.4. The van der Waals surface area contributed by atoms with Gasteiger partial charge in [0.25, 0.3) is 0 Å². The lowest BCUT2D eigenvalue weighted by Crippen LogP contribution is -2.19. The number of para-hydroxylation sites is 3. The number of aromatic carboxylic acids is 1. The molecule has 29 heavy (non-hydrogen) atoms. The first-order chi connectivity index (χ1) is 14.2. The topological polar surface area (TPSA) is 77.2 Å². The van der Waals surface area contributed by atoms with Crippen LogP contribution in [0.25, 0.3) is 22.6 Å². The Hall–Kier alpha value is -3.67. The van der Waals surface area contributed by atoms with Crippen molar-refractivity contribution in [2.75, 3.05) is 6.61 Å². The van der Waals surface area contributed by atoms with Crippen LogP contribution >= 0.6 is 0 Å². The number of pyridine rings is 1. The van der Waals surface area contributed by atoms with Crippen molar-refractivity contribution in [2.45, 2.75) is 18.9 Å². The molecule has 1 unspecified atom stereocenters.